The summed E-state index contributed by atoms with van der Waals surface area (Å²) < 4.78 is 13.6. The van der Waals surface area contributed by atoms with Gasteiger partial charge in [-0.05, 0) is 48.4 Å². The average Bonchev–Trinajstić information content (AvgIpc) is 2.50. The van der Waals surface area contributed by atoms with Gasteiger partial charge in [0, 0.05) is 29.7 Å². The molecule has 0 fully saturated rings. The molecule has 0 atom stereocenters. The number of carbonyl (C=O) groups excluding carboxylic acids is 2. The van der Waals surface area contributed by atoms with Gasteiger partial charge in [0.15, 0.2) is 0 Å². The Labute approximate surface area is 138 Å². The molecule has 0 bridgehead atoms. The van der Waals surface area contributed by atoms with Gasteiger partial charge >= 0.3 is 0 Å². The van der Waals surface area contributed by atoms with Gasteiger partial charge in [0.1, 0.15) is 5.82 Å². The first-order valence-electron chi connectivity index (χ1n) is 7.05. The standard InChI is InChI=1S/C17H16ClFN2O2/c1-11(22)21-15-4-2-3-13(10-15)17(23)20-8-7-12-9-14(18)5-6-16(12)19/h2-6,9-10H,7-8H2,1H3,(H,20,23)(H,21,22). The Morgan fingerprint density at radius 1 is 1.17 bits per heavy atom. The zero-order chi connectivity index (χ0) is 16.8. The van der Waals surface area contributed by atoms with Gasteiger partial charge in [-0.15, -0.1) is 0 Å². The molecule has 0 saturated carbocycles. The van der Waals surface area contributed by atoms with Crippen LogP contribution in [0.1, 0.15) is 22.8 Å². The zero-order valence-corrected chi connectivity index (χ0v) is 13.3. The molecular weight excluding hydrogens is 319 g/mol. The molecule has 2 aromatic rings. The van der Waals surface area contributed by atoms with Crippen LogP contribution in [0.2, 0.25) is 5.02 Å². The van der Waals surface area contributed by atoms with Crippen molar-refractivity contribution >= 4 is 29.1 Å². The lowest BCUT2D eigenvalue weighted by molar-refractivity contribution is -0.114. The second-order valence-electron chi connectivity index (χ2n) is 5.00. The smallest absolute Gasteiger partial charge is 0.251 e. The van der Waals surface area contributed by atoms with Crippen LogP contribution in [0.25, 0.3) is 0 Å². The van der Waals surface area contributed by atoms with Crippen molar-refractivity contribution in [3.05, 3.63) is 64.4 Å². The fourth-order valence-electron chi connectivity index (χ4n) is 2.09. The number of amides is 2. The zero-order valence-electron chi connectivity index (χ0n) is 12.5. The number of benzene rings is 2. The van der Waals surface area contributed by atoms with Crippen LogP contribution >= 0.6 is 11.6 Å². The molecule has 2 rings (SSSR count). The van der Waals surface area contributed by atoms with Gasteiger partial charge in [0.2, 0.25) is 5.91 Å². The Balaban J connectivity index is 1.94. The molecule has 0 unspecified atom stereocenters. The molecule has 0 aliphatic carbocycles. The molecule has 120 valence electrons. The highest BCUT2D eigenvalue weighted by molar-refractivity contribution is 6.30. The van der Waals surface area contributed by atoms with E-state index in [1.54, 1.807) is 30.3 Å². The summed E-state index contributed by atoms with van der Waals surface area (Å²) in [6.45, 7) is 1.67. The minimum Gasteiger partial charge on any atom is -0.352 e. The second kappa shape index (κ2) is 7.74. The van der Waals surface area contributed by atoms with Crippen molar-refractivity contribution in [2.75, 3.05) is 11.9 Å². The van der Waals surface area contributed by atoms with Crippen LogP contribution < -0.4 is 10.6 Å². The molecular formula is C17H16ClFN2O2. The van der Waals surface area contributed by atoms with Crippen LogP contribution in [0.5, 0.6) is 0 Å². The topological polar surface area (TPSA) is 58.2 Å². The molecule has 2 N–H and O–H groups in total. The summed E-state index contributed by atoms with van der Waals surface area (Å²) in [5.41, 5.74) is 1.42. The summed E-state index contributed by atoms with van der Waals surface area (Å²) in [6, 6.07) is 10.9. The largest absolute Gasteiger partial charge is 0.352 e. The lowest BCUT2D eigenvalue weighted by Crippen LogP contribution is -2.26. The molecule has 2 amide bonds. The number of rotatable bonds is 5. The molecule has 23 heavy (non-hydrogen) atoms. The Morgan fingerprint density at radius 3 is 2.70 bits per heavy atom. The molecule has 4 nitrogen and oxygen atoms in total. The van der Waals surface area contributed by atoms with Gasteiger partial charge in [-0.25, -0.2) is 4.39 Å². The summed E-state index contributed by atoms with van der Waals surface area (Å²) in [6.07, 6.45) is 0.337. The third-order valence-electron chi connectivity index (χ3n) is 3.13. The molecule has 0 aromatic heterocycles. The van der Waals surface area contributed by atoms with E-state index in [0.717, 1.165) is 0 Å². The molecule has 6 heteroatoms. The van der Waals surface area contributed by atoms with E-state index in [4.69, 9.17) is 11.6 Å². The SMILES string of the molecule is CC(=O)Nc1cccc(C(=O)NCCc2cc(Cl)ccc2F)c1. The Hall–Kier alpha value is -2.40. The van der Waals surface area contributed by atoms with Crippen LogP contribution in [0, 0.1) is 5.82 Å². The molecule has 0 radical (unpaired) electrons. The van der Waals surface area contributed by atoms with Crippen molar-refractivity contribution in [3.63, 3.8) is 0 Å². The minimum absolute atomic E-state index is 0.209. The van der Waals surface area contributed by atoms with Crippen molar-refractivity contribution in [1.29, 1.82) is 0 Å². The van der Waals surface area contributed by atoms with E-state index in [2.05, 4.69) is 10.6 Å². The van der Waals surface area contributed by atoms with Crippen LogP contribution in [0.3, 0.4) is 0 Å². The lowest BCUT2D eigenvalue weighted by atomic mass is 10.1. The highest BCUT2D eigenvalue weighted by Gasteiger charge is 2.08. The first kappa shape index (κ1) is 17.0. The van der Waals surface area contributed by atoms with E-state index in [0.29, 0.717) is 28.3 Å². The summed E-state index contributed by atoms with van der Waals surface area (Å²) in [5, 5.41) is 5.78. The minimum atomic E-state index is -0.351. The molecule has 0 saturated heterocycles. The number of hydrogen-bond donors (Lipinski definition) is 2. The third-order valence-corrected chi connectivity index (χ3v) is 3.37. The third kappa shape index (κ3) is 5.07. The van der Waals surface area contributed by atoms with Crippen molar-refractivity contribution in [3.8, 4) is 0 Å². The van der Waals surface area contributed by atoms with Crippen LogP contribution in [0.15, 0.2) is 42.5 Å². The first-order chi connectivity index (χ1) is 11.0. The fraction of sp³-hybridized carbons (Fsp3) is 0.176. The maximum absolute atomic E-state index is 13.6. The molecule has 0 aliphatic heterocycles. The second-order valence-corrected chi connectivity index (χ2v) is 5.44. The summed E-state index contributed by atoms with van der Waals surface area (Å²) in [5.74, 6) is -0.852. The van der Waals surface area contributed by atoms with E-state index >= 15 is 0 Å². The van der Waals surface area contributed by atoms with E-state index < -0.39 is 0 Å². The van der Waals surface area contributed by atoms with Crippen molar-refractivity contribution in [2.45, 2.75) is 13.3 Å². The van der Waals surface area contributed by atoms with Crippen molar-refractivity contribution in [2.24, 2.45) is 0 Å². The van der Waals surface area contributed by atoms with Crippen molar-refractivity contribution < 1.29 is 14.0 Å². The van der Waals surface area contributed by atoms with E-state index in [1.807, 2.05) is 0 Å². The number of anilines is 1. The van der Waals surface area contributed by atoms with Crippen LogP contribution in [-0.2, 0) is 11.2 Å². The van der Waals surface area contributed by atoms with E-state index in [9.17, 15) is 14.0 Å². The maximum Gasteiger partial charge on any atom is 0.251 e. The number of carbonyl (C=O) groups is 2. The van der Waals surface area contributed by atoms with Crippen molar-refractivity contribution in [1.82, 2.24) is 5.32 Å². The molecule has 0 spiro atoms. The van der Waals surface area contributed by atoms with Crippen LogP contribution in [0.4, 0.5) is 10.1 Å². The molecule has 2 aromatic carbocycles. The maximum atomic E-state index is 13.6. The average molecular weight is 335 g/mol. The van der Waals surface area contributed by atoms with Gasteiger partial charge < -0.3 is 10.6 Å². The van der Waals surface area contributed by atoms with Gasteiger partial charge in [-0.1, -0.05) is 17.7 Å². The van der Waals surface area contributed by atoms with E-state index in [1.165, 1.54) is 19.1 Å². The summed E-state index contributed by atoms with van der Waals surface area (Å²) in [4.78, 5) is 23.1. The van der Waals surface area contributed by atoms with Crippen LogP contribution in [-0.4, -0.2) is 18.4 Å². The summed E-state index contributed by atoms with van der Waals surface area (Å²) in [7, 11) is 0. The predicted molar refractivity (Wildman–Crippen MR) is 88.2 cm³/mol. The quantitative estimate of drug-likeness (QED) is 0.880. The number of hydrogen-bond acceptors (Lipinski definition) is 2. The highest BCUT2D eigenvalue weighted by Crippen LogP contribution is 2.15. The highest BCUT2D eigenvalue weighted by atomic mass is 35.5. The Bertz CT molecular complexity index is 734. The molecule has 0 aliphatic rings. The Kier molecular flexibility index (Phi) is 5.71. The summed E-state index contributed by atoms with van der Waals surface area (Å²) >= 11 is 5.82. The van der Waals surface area contributed by atoms with Gasteiger partial charge in [0.05, 0.1) is 0 Å². The van der Waals surface area contributed by atoms with Gasteiger partial charge in [-0.2, -0.15) is 0 Å². The first-order valence-corrected chi connectivity index (χ1v) is 7.43. The number of halogens is 2. The van der Waals surface area contributed by atoms with E-state index in [-0.39, 0.29) is 24.2 Å². The normalized spacial score (nSPS) is 10.2. The van der Waals surface area contributed by atoms with Gasteiger partial charge in [0.25, 0.3) is 5.91 Å². The lowest BCUT2D eigenvalue weighted by Gasteiger charge is -2.08. The predicted octanol–water partition coefficient (Wildman–Crippen LogP) is 3.41. The van der Waals surface area contributed by atoms with Gasteiger partial charge in [-0.3, -0.25) is 9.59 Å². The monoisotopic (exact) mass is 334 g/mol. The molecule has 0 heterocycles. The fourth-order valence-corrected chi connectivity index (χ4v) is 2.28. The number of nitrogens with one attached hydrogen (secondary N) is 2. The Morgan fingerprint density at radius 2 is 1.96 bits per heavy atom.